The number of rotatable bonds is 9. The van der Waals surface area contributed by atoms with Crippen LogP contribution in [-0.4, -0.2) is 6.71 Å². The molecule has 0 fully saturated rings. The summed E-state index contributed by atoms with van der Waals surface area (Å²) in [5.74, 6) is 0. The Kier molecular flexibility index (Phi) is 9.76. The Hall–Kier alpha value is -7.62. The third-order valence-corrected chi connectivity index (χ3v) is 11.3. The van der Waals surface area contributed by atoms with E-state index >= 15 is 0 Å². The van der Waals surface area contributed by atoms with Crippen molar-refractivity contribution in [2.75, 3.05) is 9.80 Å². The fourth-order valence-corrected chi connectivity index (χ4v) is 8.63. The second-order valence-corrected chi connectivity index (χ2v) is 14.9. The highest BCUT2D eigenvalue weighted by Gasteiger charge is 2.37. The van der Waals surface area contributed by atoms with E-state index in [1.54, 1.807) is 0 Å². The van der Waals surface area contributed by atoms with Gasteiger partial charge in [0.2, 0.25) is 6.71 Å². The average molecular weight is 753 g/mol. The zero-order valence-corrected chi connectivity index (χ0v) is 32.6. The molecule has 0 saturated carbocycles. The van der Waals surface area contributed by atoms with Gasteiger partial charge in [0, 0.05) is 34.1 Å². The number of benzene rings is 9. The van der Waals surface area contributed by atoms with Gasteiger partial charge in [0.25, 0.3) is 0 Å². The first-order chi connectivity index (χ1) is 29.3. The van der Waals surface area contributed by atoms with E-state index in [1.165, 1.54) is 50.0 Å². The number of hydrogen-bond acceptors (Lipinski definition) is 2. The normalized spacial score (nSPS) is 11.9. The van der Waals surface area contributed by atoms with Crippen LogP contribution < -0.4 is 26.2 Å². The second-order valence-electron chi connectivity index (χ2n) is 14.9. The molecule has 1 aliphatic heterocycles. The maximum Gasteiger partial charge on any atom is 0.248 e. The zero-order valence-electron chi connectivity index (χ0n) is 32.6. The number of hydrogen-bond donors (Lipinski definition) is 0. The Morgan fingerprint density at radius 3 is 1.20 bits per heavy atom. The molecule has 0 spiro atoms. The molecule has 3 heteroatoms. The van der Waals surface area contributed by atoms with Crippen LogP contribution in [0, 0.1) is 0 Å². The van der Waals surface area contributed by atoms with Crippen LogP contribution in [0.2, 0.25) is 0 Å². The molecule has 1 heterocycles. The molecule has 10 rings (SSSR count). The van der Waals surface area contributed by atoms with E-state index in [2.05, 4.69) is 259 Å². The number of para-hydroxylation sites is 4. The standard InChI is InChI=1S/C56H41BN2/c1-5-18-44(19-6-1)50-26-17-27-51(45-20-7-2-8-21-45)56(50)57-52-28-13-15-30-54(52)59(55-31-16-14-29-53(55)57)49-40-36-43(37-41-49)33-32-42-34-38-48(39-35-42)58(46-22-9-3-10-23-46)47-24-11-4-12-25-47/h1-41H/b33-32+. The van der Waals surface area contributed by atoms with Crippen LogP contribution in [0.5, 0.6) is 0 Å². The summed E-state index contributed by atoms with van der Waals surface area (Å²) >= 11 is 0. The summed E-state index contributed by atoms with van der Waals surface area (Å²) < 4.78 is 0. The molecule has 59 heavy (non-hydrogen) atoms. The monoisotopic (exact) mass is 752 g/mol. The van der Waals surface area contributed by atoms with Crippen molar-refractivity contribution in [1.29, 1.82) is 0 Å². The fourth-order valence-electron chi connectivity index (χ4n) is 8.63. The first kappa shape index (κ1) is 35.8. The van der Waals surface area contributed by atoms with Crippen LogP contribution in [0.25, 0.3) is 34.4 Å². The first-order valence-corrected chi connectivity index (χ1v) is 20.3. The molecule has 0 bridgehead atoms. The fraction of sp³-hybridized carbons (Fsp3) is 0. The number of anilines is 6. The molecule has 0 atom stereocenters. The molecule has 9 aromatic carbocycles. The Labute approximate surface area is 347 Å². The van der Waals surface area contributed by atoms with Crippen LogP contribution in [0.15, 0.2) is 237 Å². The van der Waals surface area contributed by atoms with E-state index in [0.717, 1.165) is 33.9 Å². The van der Waals surface area contributed by atoms with Crippen LogP contribution in [0.1, 0.15) is 11.1 Å². The van der Waals surface area contributed by atoms with Crippen molar-refractivity contribution < 1.29 is 0 Å². The molecule has 0 saturated heterocycles. The van der Waals surface area contributed by atoms with Crippen molar-refractivity contribution in [1.82, 2.24) is 0 Å². The van der Waals surface area contributed by atoms with Gasteiger partial charge in [-0.3, -0.25) is 0 Å². The molecular weight excluding hydrogens is 711 g/mol. The molecule has 0 aliphatic carbocycles. The van der Waals surface area contributed by atoms with Crippen molar-refractivity contribution >= 4 is 69.4 Å². The van der Waals surface area contributed by atoms with E-state index in [-0.39, 0.29) is 6.71 Å². The van der Waals surface area contributed by atoms with Gasteiger partial charge in [0.1, 0.15) is 0 Å². The summed E-state index contributed by atoms with van der Waals surface area (Å²) in [5, 5.41) is 0. The van der Waals surface area contributed by atoms with Gasteiger partial charge in [-0.1, -0.05) is 194 Å². The molecule has 278 valence electrons. The lowest BCUT2D eigenvalue weighted by atomic mass is 9.33. The van der Waals surface area contributed by atoms with Gasteiger partial charge in [-0.2, -0.15) is 0 Å². The van der Waals surface area contributed by atoms with Gasteiger partial charge in [-0.25, -0.2) is 0 Å². The summed E-state index contributed by atoms with van der Waals surface area (Å²) in [4.78, 5) is 4.72. The van der Waals surface area contributed by atoms with Crippen LogP contribution >= 0.6 is 0 Å². The van der Waals surface area contributed by atoms with Gasteiger partial charge in [-0.15, -0.1) is 0 Å². The minimum absolute atomic E-state index is 0.0197. The molecule has 0 unspecified atom stereocenters. The second kappa shape index (κ2) is 16.1. The maximum absolute atomic E-state index is 2.44. The highest BCUT2D eigenvalue weighted by atomic mass is 15.2. The lowest BCUT2D eigenvalue weighted by Crippen LogP contribution is -2.58. The summed E-state index contributed by atoms with van der Waals surface area (Å²) in [5.41, 5.74) is 18.1. The molecular formula is C56H41BN2. The van der Waals surface area contributed by atoms with Crippen LogP contribution in [0.4, 0.5) is 34.1 Å². The van der Waals surface area contributed by atoms with Crippen LogP contribution in [0.3, 0.4) is 0 Å². The van der Waals surface area contributed by atoms with Crippen molar-refractivity contribution in [3.05, 3.63) is 248 Å². The van der Waals surface area contributed by atoms with Crippen LogP contribution in [-0.2, 0) is 0 Å². The van der Waals surface area contributed by atoms with Gasteiger partial charge < -0.3 is 9.80 Å². The molecule has 9 aromatic rings. The molecule has 1 aliphatic rings. The third-order valence-electron chi connectivity index (χ3n) is 11.3. The highest BCUT2D eigenvalue weighted by molar-refractivity contribution is 6.99. The van der Waals surface area contributed by atoms with Crippen molar-refractivity contribution in [3.8, 4) is 22.3 Å². The minimum Gasteiger partial charge on any atom is -0.312 e. The van der Waals surface area contributed by atoms with Crippen molar-refractivity contribution in [3.63, 3.8) is 0 Å². The summed E-state index contributed by atoms with van der Waals surface area (Å²) in [6.07, 6.45) is 4.39. The highest BCUT2D eigenvalue weighted by Crippen LogP contribution is 2.38. The Balaban J connectivity index is 0.988. The van der Waals surface area contributed by atoms with Gasteiger partial charge in [-0.05, 0) is 105 Å². The lowest BCUT2D eigenvalue weighted by molar-refractivity contribution is 1.28. The summed E-state index contributed by atoms with van der Waals surface area (Å²) in [6, 6.07) is 85.1. The number of nitrogens with zero attached hydrogens (tertiary/aromatic N) is 2. The average Bonchev–Trinajstić information content (AvgIpc) is 3.32. The third kappa shape index (κ3) is 7.05. The van der Waals surface area contributed by atoms with E-state index < -0.39 is 0 Å². The topological polar surface area (TPSA) is 6.48 Å². The van der Waals surface area contributed by atoms with Gasteiger partial charge >= 0.3 is 0 Å². The molecule has 0 aromatic heterocycles. The smallest absolute Gasteiger partial charge is 0.248 e. The van der Waals surface area contributed by atoms with Gasteiger partial charge in [0.15, 0.2) is 0 Å². The SMILES string of the molecule is C(=C\c1ccc(N2c3ccccc3B(c3c(-c4ccccc4)cccc3-c3ccccc3)c3ccccc32)cc1)/c1ccc(N(c2ccccc2)c2ccccc2)cc1. The zero-order chi connectivity index (χ0) is 39.4. The van der Waals surface area contributed by atoms with E-state index in [1.807, 2.05) is 0 Å². The molecule has 0 amide bonds. The first-order valence-electron chi connectivity index (χ1n) is 20.3. The minimum atomic E-state index is 0.0197. The molecule has 0 N–H and O–H groups in total. The molecule has 2 nitrogen and oxygen atoms in total. The predicted octanol–water partition coefficient (Wildman–Crippen LogP) is 13.0. The summed E-state index contributed by atoms with van der Waals surface area (Å²) in [7, 11) is 0. The van der Waals surface area contributed by atoms with Crippen molar-refractivity contribution in [2.45, 2.75) is 0 Å². The maximum atomic E-state index is 2.44. The van der Waals surface area contributed by atoms with E-state index in [0.29, 0.717) is 0 Å². The Morgan fingerprint density at radius 1 is 0.339 bits per heavy atom. The quantitative estimate of drug-likeness (QED) is 0.107. The largest absolute Gasteiger partial charge is 0.312 e. The van der Waals surface area contributed by atoms with Gasteiger partial charge in [0.05, 0.1) is 0 Å². The van der Waals surface area contributed by atoms with Crippen molar-refractivity contribution in [2.24, 2.45) is 0 Å². The molecule has 0 radical (unpaired) electrons. The summed E-state index contributed by atoms with van der Waals surface area (Å²) in [6.45, 7) is 0.0197. The Bertz CT molecular complexity index is 2710. The lowest BCUT2D eigenvalue weighted by Gasteiger charge is -2.38. The Morgan fingerprint density at radius 2 is 0.729 bits per heavy atom. The number of fused-ring (bicyclic) bond motifs is 2. The predicted molar refractivity (Wildman–Crippen MR) is 253 cm³/mol. The van der Waals surface area contributed by atoms with E-state index in [9.17, 15) is 0 Å². The van der Waals surface area contributed by atoms with E-state index in [4.69, 9.17) is 0 Å².